The molecule has 0 fully saturated rings. The van der Waals surface area contributed by atoms with Gasteiger partial charge >= 0.3 is 0 Å². The third kappa shape index (κ3) is 7.90. The molecular formula is C35H36ClN3O5S. The Morgan fingerprint density at radius 2 is 1.82 bits per heavy atom. The van der Waals surface area contributed by atoms with E-state index in [1.165, 1.54) is 17.0 Å². The van der Waals surface area contributed by atoms with Crippen LogP contribution in [0.2, 0.25) is 5.02 Å². The van der Waals surface area contributed by atoms with Crippen molar-refractivity contribution < 1.29 is 19.2 Å². The van der Waals surface area contributed by atoms with Gasteiger partial charge in [0, 0.05) is 33.9 Å². The summed E-state index contributed by atoms with van der Waals surface area (Å²) in [6.45, 7) is 9.40. The Bertz CT molecular complexity index is 1710. The molecule has 234 valence electrons. The lowest BCUT2D eigenvalue weighted by Gasteiger charge is -2.33. The molecule has 0 spiro atoms. The third-order valence-corrected chi connectivity index (χ3v) is 9.35. The van der Waals surface area contributed by atoms with Crippen molar-refractivity contribution in [1.29, 1.82) is 0 Å². The number of thiophene rings is 1. The second-order valence-corrected chi connectivity index (χ2v) is 13.6. The highest BCUT2D eigenvalue weighted by Crippen LogP contribution is 2.45. The quantitative estimate of drug-likeness (QED) is 0.105. The molecule has 8 nitrogen and oxygen atoms in total. The van der Waals surface area contributed by atoms with Crippen LogP contribution in [0.5, 0.6) is 11.5 Å². The zero-order chi connectivity index (χ0) is 32.1. The highest BCUT2D eigenvalue weighted by Gasteiger charge is 2.33. The van der Waals surface area contributed by atoms with Gasteiger partial charge in [-0.15, -0.1) is 11.3 Å². The van der Waals surface area contributed by atoms with Crippen LogP contribution in [0.1, 0.15) is 66.0 Å². The number of non-ortho nitro benzene ring substituents is 1. The van der Waals surface area contributed by atoms with Crippen LogP contribution in [0.3, 0.4) is 0 Å². The summed E-state index contributed by atoms with van der Waals surface area (Å²) in [6, 6.07) is 18.9. The number of amides is 1. The first-order chi connectivity index (χ1) is 21.5. The number of anilines is 1. The predicted octanol–water partition coefficient (Wildman–Crippen LogP) is 9.44. The topological polar surface area (TPSA) is 103 Å². The molecule has 10 heteroatoms. The Labute approximate surface area is 272 Å². The minimum Gasteiger partial charge on any atom is -0.490 e. The van der Waals surface area contributed by atoms with E-state index >= 15 is 0 Å². The molecule has 0 radical (unpaired) electrons. The Balaban J connectivity index is 1.40. The molecule has 0 saturated carbocycles. The molecule has 1 aromatic heterocycles. The number of ether oxygens (including phenoxy) is 2. The van der Waals surface area contributed by atoms with E-state index in [9.17, 15) is 14.9 Å². The average molecular weight is 646 g/mol. The summed E-state index contributed by atoms with van der Waals surface area (Å²) in [5.74, 6) is 1.46. The van der Waals surface area contributed by atoms with E-state index < -0.39 is 4.92 Å². The van der Waals surface area contributed by atoms with Crippen LogP contribution in [0.25, 0.3) is 0 Å². The van der Waals surface area contributed by atoms with E-state index in [2.05, 4.69) is 26.1 Å². The lowest BCUT2D eigenvalue weighted by molar-refractivity contribution is -0.384. The normalized spacial score (nSPS) is 14.6. The van der Waals surface area contributed by atoms with Crippen molar-refractivity contribution in [1.82, 2.24) is 0 Å². The number of benzene rings is 3. The first-order valence-corrected chi connectivity index (χ1v) is 16.1. The highest BCUT2D eigenvalue weighted by molar-refractivity contribution is 7.16. The molecule has 1 N–H and O–H groups in total. The number of hydrogen-bond donors (Lipinski definition) is 1. The Hall–Kier alpha value is -4.21. The minimum absolute atomic E-state index is 0.0311. The fourth-order valence-corrected chi connectivity index (χ4v) is 6.76. The summed E-state index contributed by atoms with van der Waals surface area (Å²) in [5.41, 5.74) is 4.19. The van der Waals surface area contributed by atoms with E-state index in [1.54, 1.807) is 53.9 Å². The molecule has 3 aromatic carbocycles. The van der Waals surface area contributed by atoms with E-state index in [-0.39, 0.29) is 23.6 Å². The maximum Gasteiger partial charge on any atom is 0.269 e. The van der Waals surface area contributed by atoms with Gasteiger partial charge in [0.25, 0.3) is 11.6 Å². The van der Waals surface area contributed by atoms with Crippen molar-refractivity contribution in [3.05, 3.63) is 109 Å². The zero-order valence-corrected chi connectivity index (χ0v) is 27.3. The van der Waals surface area contributed by atoms with Crippen molar-refractivity contribution in [3.8, 4) is 11.5 Å². The highest BCUT2D eigenvalue weighted by atomic mass is 35.5. The van der Waals surface area contributed by atoms with Gasteiger partial charge in [0.2, 0.25) is 0 Å². The van der Waals surface area contributed by atoms with Crippen LogP contribution in [0.4, 0.5) is 16.4 Å². The summed E-state index contributed by atoms with van der Waals surface area (Å²) in [5, 5.41) is 15.3. The molecule has 0 unspecified atom stereocenters. The van der Waals surface area contributed by atoms with Crippen molar-refractivity contribution in [2.45, 2.75) is 53.6 Å². The van der Waals surface area contributed by atoms with Crippen molar-refractivity contribution in [2.24, 2.45) is 16.3 Å². The van der Waals surface area contributed by atoms with Crippen molar-refractivity contribution in [3.63, 3.8) is 0 Å². The van der Waals surface area contributed by atoms with Gasteiger partial charge in [-0.25, -0.2) is 4.99 Å². The van der Waals surface area contributed by atoms with Crippen molar-refractivity contribution >= 4 is 51.4 Å². The largest absolute Gasteiger partial charge is 0.490 e. The summed E-state index contributed by atoms with van der Waals surface area (Å²) < 4.78 is 11.9. The molecule has 4 aromatic rings. The van der Waals surface area contributed by atoms with Crippen LogP contribution in [-0.4, -0.2) is 23.7 Å². The number of halogens is 1. The Morgan fingerprint density at radius 1 is 1.09 bits per heavy atom. The zero-order valence-electron chi connectivity index (χ0n) is 25.8. The minimum atomic E-state index is -0.429. The van der Waals surface area contributed by atoms with Crippen LogP contribution in [0, 0.1) is 21.4 Å². The van der Waals surface area contributed by atoms with Gasteiger partial charge in [-0.05, 0) is 109 Å². The average Bonchev–Trinajstić information content (AvgIpc) is 3.38. The number of carbonyl (C=O) groups excluding carboxylic acids is 1. The van der Waals surface area contributed by atoms with E-state index in [0.29, 0.717) is 45.3 Å². The molecule has 1 aliphatic carbocycles. The van der Waals surface area contributed by atoms with Gasteiger partial charge in [-0.2, -0.15) is 0 Å². The molecule has 0 aliphatic heterocycles. The SMILES string of the molecule is CCOc1cc(C=Nc2sc3c(c2C(=O)Nc2ccc(Cl)cc2)CC[C@H](C(C)(C)C)C3)ccc1OCc1ccc([N+](=O)[O-])cc1. The number of nitrogens with one attached hydrogen (secondary N) is 1. The van der Waals surface area contributed by atoms with E-state index in [0.717, 1.165) is 36.0 Å². The fraction of sp³-hybridized carbons (Fsp3) is 0.314. The summed E-state index contributed by atoms with van der Waals surface area (Å²) in [6.07, 6.45) is 4.54. The van der Waals surface area contributed by atoms with Crippen LogP contribution >= 0.6 is 22.9 Å². The second kappa shape index (κ2) is 13.8. The first kappa shape index (κ1) is 32.2. The van der Waals surface area contributed by atoms with Gasteiger partial charge in [-0.1, -0.05) is 32.4 Å². The molecule has 1 aliphatic rings. The smallest absolute Gasteiger partial charge is 0.269 e. The maximum absolute atomic E-state index is 13.7. The summed E-state index contributed by atoms with van der Waals surface area (Å²) >= 11 is 7.64. The lowest BCUT2D eigenvalue weighted by atomic mass is 9.72. The molecule has 0 saturated heterocycles. The number of hydrogen-bond acceptors (Lipinski definition) is 7. The monoisotopic (exact) mass is 645 g/mol. The van der Waals surface area contributed by atoms with Crippen LogP contribution in [0.15, 0.2) is 71.7 Å². The molecule has 1 amide bonds. The fourth-order valence-electron chi connectivity index (χ4n) is 5.36. The number of fused-ring (bicyclic) bond motifs is 1. The van der Waals surface area contributed by atoms with Gasteiger partial charge in [0.1, 0.15) is 11.6 Å². The number of nitrogens with zero attached hydrogens (tertiary/aromatic N) is 2. The van der Waals surface area contributed by atoms with Gasteiger partial charge < -0.3 is 14.8 Å². The number of carbonyl (C=O) groups is 1. The number of aliphatic imine (C=N–C) groups is 1. The van der Waals surface area contributed by atoms with Gasteiger partial charge in [0.05, 0.1) is 17.1 Å². The van der Waals surface area contributed by atoms with E-state index in [1.807, 2.05) is 25.1 Å². The summed E-state index contributed by atoms with van der Waals surface area (Å²) in [7, 11) is 0. The standard InChI is InChI=1S/C35H36ClN3O5S/c1-5-43-30-18-23(8-17-29(30)44-21-22-6-14-27(15-7-22)39(41)42)20-37-34-32(33(40)38-26-12-10-25(36)11-13-26)28-16-9-24(35(2,3)4)19-31(28)45-34/h6-8,10-15,17-18,20,24H,5,9,16,19,21H2,1-4H3,(H,38,40)/t24-/m0/s1. The second-order valence-electron chi connectivity index (χ2n) is 12.1. The first-order valence-electron chi connectivity index (χ1n) is 14.9. The summed E-state index contributed by atoms with van der Waals surface area (Å²) in [4.78, 5) is 30.3. The third-order valence-electron chi connectivity index (χ3n) is 7.94. The molecule has 45 heavy (non-hydrogen) atoms. The van der Waals surface area contributed by atoms with Crippen LogP contribution < -0.4 is 14.8 Å². The molecule has 1 atom stereocenters. The molecular weight excluding hydrogens is 610 g/mol. The Kier molecular flexibility index (Phi) is 9.90. The number of rotatable bonds is 10. The number of nitro groups is 1. The van der Waals surface area contributed by atoms with Crippen LogP contribution in [-0.2, 0) is 19.4 Å². The van der Waals surface area contributed by atoms with Gasteiger partial charge in [0.15, 0.2) is 11.5 Å². The Morgan fingerprint density at radius 3 is 2.49 bits per heavy atom. The predicted molar refractivity (Wildman–Crippen MR) is 181 cm³/mol. The maximum atomic E-state index is 13.7. The molecule has 0 bridgehead atoms. The molecule has 1 heterocycles. The van der Waals surface area contributed by atoms with Gasteiger partial charge in [-0.3, -0.25) is 14.9 Å². The van der Waals surface area contributed by atoms with E-state index in [4.69, 9.17) is 26.1 Å². The molecule has 5 rings (SSSR count). The number of nitro benzene ring substituents is 1. The lowest BCUT2D eigenvalue weighted by Crippen LogP contribution is -2.27. The van der Waals surface area contributed by atoms with Crippen molar-refractivity contribution in [2.75, 3.05) is 11.9 Å².